The molecule has 0 bridgehead atoms. The molecule has 2 aromatic heterocycles. The molecule has 3 aromatic rings. The maximum absolute atomic E-state index is 13.7. The first-order valence-corrected chi connectivity index (χ1v) is 9.68. The number of hydrogen-bond donors (Lipinski definition) is 0. The second-order valence-electron chi connectivity index (χ2n) is 7.25. The maximum Gasteiger partial charge on any atom is 0.417 e. The molecule has 0 radical (unpaired) electrons. The molecule has 0 aliphatic carbocycles. The Kier molecular flexibility index (Phi) is 5.20. The van der Waals surface area contributed by atoms with E-state index < -0.39 is 34.7 Å². The fraction of sp³-hybridized carbons (Fsp3) is 0.300. The third-order valence-electron chi connectivity index (χ3n) is 5.21. The summed E-state index contributed by atoms with van der Waals surface area (Å²) in [6, 6.07) is 4.49. The molecule has 162 valence electrons. The van der Waals surface area contributed by atoms with E-state index in [1.54, 1.807) is 6.92 Å². The van der Waals surface area contributed by atoms with Gasteiger partial charge in [0.25, 0.3) is 0 Å². The second kappa shape index (κ2) is 7.60. The lowest BCUT2D eigenvalue weighted by Gasteiger charge is -2.40. The van der Waals surface area contributed by atoms with Crippen molar-refractivity contribution in [3.63, 3.8) is 0 Å². The highest BCUT2D eigenvalue weighted by atomic mass is 35.5. The SMILES string of the molecule is CC(=O)N1C(C)Cc2c(nnn2-c2cc(F)ccn2)C1c1cccc(C(F)(F)F)c1Cl. The summed E-state index contributed by atoms with van der Waals surface area (Å²) >= 11 is 6.18. The van der Waals surface area contributed by atoms with Gasteiger partial charge in [0.05, 0.1) is 16.3 Å². The van der Waals surface area contributed by atoms with Crippen molar-refractivity contribution >= 4 is 17.5 Å². The number of alkyl halides is 3. The molecule has 1 aliphatic rings. The zero-order valence-corrected chi connectivity index (χ0v) is 17.1. The third kappa shape index (κ3) is 3.65. The molecule has 0 N–H and O–H groups in total. The summed E-state index contributed by atoms with van der Waals surface area (Å²) in [6.07, 6.45) is -3.10. The van der Waals surface area contributed by atoms with Crippen molar-refractivity contribution in [3.05, 3.63) is 69.9 Å². The lowest BCUT2D eigenvalue weighted by Crippen LogP contribution is -2.46. The topological polar surface area (TPSA) is 63.9 Å². The van der Waals surface area contributed by atoms with Crippen LogP contribution in [0.5, 0.6) is 0 Å². The standard InChI is InChI=1S/C20H16ClF4N5O/c1-10-8-15-18(27-28-30(15)16-9-12(22)6-7-26-16)19(29(10)11(2)31)13-4-3-5-14(17(13)21)20(23,24)25/h3-7,9-10,19H,8H2,1-2H3. The van der Waals surface area contributed by atoms with E-state index in [0.717, 1.165) is 6.07 Å². The molecular formula is C20H16ClF4N5O. The number of hydrogen-bond acceptors (Lipinski definition) is 4. The summed E-state index contributed by atoms with van der Waals surface area (Å²) in [5, 5.41) is 7.68. The highest BCUT2D eigenvalue weighted by Crippen LogP contribution is 2.44. The number of fused-ring (bicyclic) bond motifs is 1. The number of benzene rings is 1. The minimum absolute atomic E-state index is 0.0822. The zero-order chi connectivity index (χ0) is 22.5. The Morgan fingerprint density at radius 3 is 2.65 bits per heavy atom. The molecule has 4 rings (SSSR count). The number of nitrogens with zero attached hydrogens (tertiary/aromatic N) is 5. The van der Waals surface area contributed by atoms with Crippen LogP contribution in [0.15, 0.2) is 36.5 Å². The second-order valence-corrected chi connectivity index (χ2v) is 7.63. The number of pyridine rings is 1. The monoisotopic (exact) mass is 453 g/mol. The zero-order valence-electron chi connectivity index (χ0n) is 16.4. The van der Waals surface area contributed by atoms with Crippen molar-refractivity contribution in [3.8, 4) is 5.82 Å². The lowest BCUT2D eigenvalue weighted by atomic mass is 9.90. The van der Waals surface area contributed by atoms with E-state index in [1.807, 2.05) is 0 Å². The van der Waals surface area contributed by atoms with Crippen molar-refractivity contribution in [2.75, 3.05) is 0 Å². The van der Waals surface area contributed by atoms with Gasteiger partial charge < -0.3 is 4.90 Å². The van der Waals surface area contributed by atoms with Crippen LogP contribution >= 0.6 is 11.6 Å². The normalized spacial score (nSPS) is 18.7. The molecular weight excluding hydrogens is 438 g/mol. The summed E-state index contributed by atoms with van der Waals surface area (Å²) in [5.74, 6) is -0.706. The van der Waals surface area contributed by atoms with Gasteiger partial charge in [-0.1, -0.05) is 28.9 Å². The van der Waals surface area contributed by atoms with Crippen LogP contribution in [0.4, 0.5) is 17.6 Å². The summed E-state index contributed by atoms with van der Waals surface area (Å²) in [4.78, 5) is 18.0. The number of amides is 1. The van der Waals surface area contributed by atoms with Crippen molar-refractivity contribution in [1.29, 1.82) is 0 Å². The molecule has 31 heavy (non-hydrogen) atoms. The predicted octanol–water partition coefficient (Wildman–Crippen LogP) is 4.36. The van der Waals surface area contributed by atoms with Crippen LogP contribution < -0.4 is 0 Å². The number of rotatable bonds is 2. The number of carbonyl (C=O) groups excluding carboxylic acids is 1. The third-order valence-corrected chi connectivity index (χ3v) is 5.63. The van der Waals surface area contributed by atoms with Crippen LogP contribution in [0.1, 0.15) is 42.4 Å². The number of carbonyl (C=O) groups is 1. The van der Waals surface area contributed by atoms with Crippen LogP contribution in [0.3, 0.4) is 0 Å². The minimum atomic E-state index is -4.67. The minimum Gasteiger partial charge on any atom is -0.327 e. The Morgan fingerprint density at radius 1 is 1.26 bits per heavy atom. The largest absolute Gasteiger partial charge is 0.417 e. The van der Waals surface area contributed by atoms with Crippen LogP contribution in [0.25, 0.3) is 5.82 Å². The van der Waals surface area contributed by atoms with Gasteiger partial charge in [0, 0.05) is 37.2 Å². The molecule has 2 atom stereocenters. The van der Waals surface area contributed by atoms with Crippen LogP contribution in [-0.2, 0) is 17.4 Å². The first kappa shape index (κ1) is 21.2. The van der Waals surface area contributed by atoms with Gasteiger partial charge in [-0.05, 0) is 19.1 Å². The average Bonchev–Trinajstić information content (AvgIpc) is 3.09. The van der Waals surface area contributed by atoms with Gasteiger partial charge >= 0.3 is 6.18 Å². The van der Waals surface area contributed by atoms with Crippen molar-refractivity contribution in [2.24, 2.45) is 0 Å². The molecule has 0 fully saturated rings. The Labute approximate surface area is 179 Å². The molecule has 1 aromatic carbocycles. The van der Waals surface area contributed by atoms with Gasteiger partial charge in [0.2, 0.25) is 5.91 Å². The van der Waals surface area contributed by atoms with Crippen molar-refractivity contribution in [2.45, 2.75) is 38.5 Å². The van der Waals surface area contributed by atoms with Crippen molar-refractivity contribution in [1.82, 2.24) is 24.9 Å². The highest BCUT2D eigenvalue weighted by Gasteiger charge is 2.42. The smallest absolute Gasteiger partial charge is 0.327 e. The number of aromatic nitrogens is 4. The maximum atomic E-state index is 13.7. The molecule has 1 amide bonds. The van der Waals surface area contributed by atoms with Gasteiger partial charge in [0.1, 0.15) is 17.6 Å². The van der Waals surface area contributed by atoms with E-state index in [-0.39, 0.29) is 23.0 Å². The molecule has 1 aliphatic heterocycles. The number of halogens is 5. The van der Waals surface area contributed by atoms with E-state index in [1.165, 1.54) is 47.0 Å². The fourth-order valence-electron chi connectivity index (χ4n) is 3.94. The highest BCUT2D eigenvalue weighted by molar-refractivity contribution is 6.32. The lowest BCUT2D eigenvalue weighted by molar-refractivity contribution is -0.137. The van der Waals surface area contributed by atoms with E-state index in [9.17, 15) is 22.4 Å². The fourth-order valence-corrected chi connectivity index (χ4v) is 4.28. The van der Waals surface area contributed by atoms with Gasteiger partial charge in [0.15, 0.2) is 5.82 Å². The van der Waals surface area contributed by atoms with E-state index in [4.69, 9.17) is 11.6 Å². The van der Waals surface area contributed by atoms with Crippen LogP contribution in [0.2, 0.25) is 5.02 Å². The first-order valence-electron chi connectivity index (χ1n) is 9.30. The van der Waals surface area contributed by atoms with E-state index >= 15 is 0 Å². The molecule has 11 heteroatoms. The average molecular weight is 454 g/mol. The van der Waals surface area contributed by atoms with Crippen LogP contribution in [-0.4, -0.2) is 36.8 Å². The summed E-state index contributed by atoms with van der Waals surface area (Å²) < 4.78 is 55.4. The summed E-state index contributed by atoms with van der Waals surface area (Å²) in [5.41, 5.74) is -0.143. The predicted molar refractivity (Wildman–Crippen MR) is 103 cm³/mol. The summed E-state index contributed by atoms with van der Waals surface area (Å²) in [6.45, 7) is 3.09. The van der Waals surface area contributed by atoms with Gasteiger partial charge in [-0.3, -0.25) is 4.79 Å². The summed E-state index contributed by atoms with van der Waals surface area (Å²) in [7, 11) is 0. The Bertz CT molecular complexity index is 1160. The Balaban J connectivity index is 1.93. The Hall–Kier alpha value is -3.01. The van der Waals surface area contributed by atoms with E-state index in [0.29, 0.717) is 12.1 Å². The quantitative estimate of drug-likeness (QED) is 0.541. The van der Waals surface area contributed by atoms with Gasteiger partial charge in [-0.15, -0.1) is 5.10 Å². The van der Waals surface area contributed by atoms with E-state index in [2.05, 4.69) is 15.3 Å². The van der Waals surface area contributed by atoms with Gasteiger partial charge in [-0.25, -0.2) is 9.37 Å². The molecule has 0 spiro atoms. The van der Waals surface area contributed by atoms with Crippen molar-refractivity contribution < 1.29 is 22.4 Å². The van der Waals surface area contributed by atoms with Crippen LogP contribution in [0, 0.1) is 5.82 Å². The first-order chi connectivity index (χ1) is 14.6. The molecule has 6 nitrogen and oxygen atoms in total. The molecule has 0 saturated carbocycles. The van der Waals surface area contributed by atoms with Gasteiger partial charge in [-0.2, -0.15) is 17.9 Å². The molecule has 0 saturated heterocycles. The molecule has 2 unspecified atom stereocenters. The molecule has 3 heterocycles. The Morgan fingerprint density at radius 2 is 2.00 bits per heavy atom.